The molecule has 0 radical (unpaired) electrons. The summed E-state index contributed by atoms with van der Waals surface area (Å²) in [4.78, 5) is 17.1. The fourth-order valence-corrected chi connectivity index (χ4v) is 7.54. The van der Waals surface area contributed by atoms with Crippen LogP contribution in [0.5, 0.6) is 0 Å². The number of nitrogens with zero attached hydrogens (tertiary/aromatic N) is 3. The predicted molar refractivity (Wildman–Crippen MR) is 140 cm³/mol. The highest BCUT2D eigenvalue weighted by Crippen LogP contribution is 2.30. The molecule has 0 aliphatic carbocycles. The van der Waals surface area contributed by atoms with Gasteiger partial charge in [-0.3, -0.25) is 4.79 Å². The van der Waals surface area contributed by atoms with Crippen molar-refractivity contribution in [2.75, 3.05) is 42.9 Å². The fourth-order valence-electron chi connectivity index (χ4n) is 4.26. The van der Waals surface area contributed by atoms with Crippen molar-refractivity contribution in [2.45, 2.75) is 25.3 Å². The molecular formula is C23H29Cl2N3O5S2. The second kappa shape index (κ2) is 11.0. The van der Waals surface area contributed by atoms with Crippen molar-refractivity contribution in [3.8, 4) is 0 Å². The van der Waals surface area contributed by atoms with Crippen LogP contribution in [-0.4, -0.2) is 71.7 Å². The topological polar surface area (TPSA) is 95.1 Å². The predicted octanol–water partition coefficient (Wildman–Crippen LogP) is 3.56. The van der Waals surface area contributed by atoms with Crippen molar-refractivity contribution >= 4 is 54.8 Å². The first-order chi connectivity index (χ1) is 16.3. The normalized spacial score (nSPS) is 15.7. The van der Waals surface area contributed by atoms with Gasteiger partial charge >= 0.3 is 0 Å². The van der Waals surface area contributed by atoms with Crippen molar-refractivity contribution in [1.82, 2.24) is 9.80 Å². The Hall–Kier alpha value is -1.85. The molecule has 1 amide bonds. The minimum atomic E-state index is -4.09. The largest absolute Gasteiger partial charge is 0.337 e. The van der Waals surface area contributed by atoms with Gasteiger partial charge in [-0.25, -0.2) is 16.8 Å². The Morgan fingerprint density at radius 2 is 1.60 bits per heavy atom. The van der Waals surface area contributed by atoms with Crippen LogP contribution in [0.15, 0.2) is 42.5 Å². The van der Waals surface area contributed by atoms with Gasteiger partial charge in [0.05, 0.1) is 40.7 Å². The first kappa shape index (κ1) is 27.7. The molecule has 1 fully saturated rings. The van der Waals surface area contributed by atoms with Crippen LogP contribution in [0.3, 0.4) is 0 Å². The van der Waals surface area contributed by atoms with Crippen molar-refractivity contribution in [1.29, 1.82) is 0 Å². The van der Waals surface area contributed by atoms with Crippen LogP contribution in [0.2, 0.25) is 10.0 Å². The minimum absolute atomic E-state index is 0.00394. The van der Waals surface area contributed by atoms with Crippen molar-refractivity contribution in [3.05, 3.63) is 63.6 Å². The first-order valence-electron chi connectivity index (χ1n) is 11.0. The maximum absolute atomic E-state index is 13.3. The first-order valence-corrected chi connectivity index (χ1v) is 15.4. The van der Waals surface area contributed by atoms with Gasteiger partial charge in [-0.2, -0.15) is 3.71 Å². The zero-order valence-corrected chi connectivity index (χ0v) is 23.0. The number of hydrogen-bond donors (Lipinski definition) is 0. The summed E-state index contributed by atoms with van der Waals surface area (Å²) in [6.45, 7) is 2.32. The Kier molecular flexibility index (Phi) is 8.75. The zero-order chi connectivity index (χ0) is 26.0. The summed E-state index contributed by atoms with van der Waals surface area (Å²) in [7, 11) is -6.50. The molecule has 3 rings (SSSR count). The molecular weight excluding hydrogens is 533 g/mol. The number of halogens is 2. The number of benzene rings is 2. The van der Waals surface area contributed by atoms with E-state index >= 15 is 0 Å². The molecule has 8 nitrogen and oxygen atoms in total. The monoisotopic (exact) mass is 561 g/mol. The highest BCUT2D eigenvalue weighted by molar-refractivity contribution is 8.09. The molecule has 1 aliphatic heterocycles. The van der Waals surface area contributed by atoms with Gasteiger partial charge in [0.2, 0.25) is 26.0 Å². The van der Waals surface area contributed by atoms with Crippen LogP contribution in [-0.2, 0) is 31.3 Å². The van der Waals surface area contributed by atoms with E-state index in [0.29, 0.717) is 31.4 Å². The summed E-state index contributed by atoms with van der Waals surface area (Å²) < 4.78 is 49.6. The van der Waals surface area contributed by atoms with E-state index in [1.165, 1.54) is 12.1 Å². The van der Waals surface area contributed by atoms with E-state index in [1.807, 2.05) is 0 Å². The van der Waals surface area contributed by atoms with Crippen LogP contribution in [0.1, 0.15) is 30.0 Å². The molecule has 0 bridgehead atoms. The molecule has 192 valence electrons. The Morgan fingerprint density at radius 1 is 0.971 bits per heavy atom. The van der Waals surface area contributed by atoms with Gasteiger partial charge in [-0.05, 0) is 61.3 Å². The molecule has 2 aromatic carbocycles. The van der Waals surface area contributed by atoms with Crippen molar-refractivity contribution < 1.29 is 21.6 Å². The van der Waals surface area contributed by atoms with E-state index in [9.17, 15) is 21.6 Å². The molecule has 0 aromatic heterocycles. The van der Waals surface area contributed by atoms with E-state index in [0.717, 1.165) is 38.4 Å². The third-order valence-corrected chi connectivity index (χ3v) is 9.89. The maximum Gasteiger partial charge on any atom is 0.245 e. The molecule has 1 saturated heterocycles. The molecule has 1 aliphatic rings. The van der Waals surface area contributed by atoms with E-state index in [-0.39, 0.29) is 18.0 Å². The van der Waals surface area contributed by atoms with E-state index in [1.54, 1.807) is 42.3 Å². The van der Waals surface area contributed by atoms with Crippen LogP contribution in [0.4, 0.5) is 5.69 Å². The quantitative estimate of drug-likeness (QED) is 0.464. The van der Waals surface area contributed by atoms with Crippen LogP contribution < -0.4 is 3.71 Å². The van der Waals surface area contributed by atoms with E-state index in [4.69, 9.17) is 23.2 Å². The van der Waals surface area contributed by atoms with Gasteiger partial charge in [0.15, 0.2) is 0 Å². The van der Waals surface area contributed by atoms with Crippen LogP contribution >= 0.6 is 23.2 Å². The molecule has 12 heteroatoms. The molecule has 0 saturated carbocycles. The summed E-state index contributed by atoms with van der Waals surface area (Å²) in [5.41, 5.74) is 1.35. The average Bonchev–Trinajstić information content (AvgIpc) is 3.25. The SMILES string of the molecule is CN(C(=O)Cc1ccc(Cl)c(Cl)c1)[C@H](CN1CCCC1)c1cccc(N(S(C)(=O)=O)S(C)(=O)=O)c1. The number of rotatable bonds is 9. The zero-order valence-electron chi connectivity index (χ0n) is 19.8. The summed E-state index contributed by atoms with van der Waals surface area (Å²) in [6, 6.07) is 10.9. The molecule has 0 N–H and O–H groups in total. The van der Waals surface area contributed by atoms with E-state index in [2.05, 4.69) is 4.90 Å². The molecule has 2 aromatic rings. The Labute approximate surface area is 217 Å². The molecule has 35 heavy (non-hydrogen) atoms. The van der Waals surface area contributed by atoms with Crippen molar-refractivity contribution in [3.63, 3.8) is 0 Å². The summed E-state index contributed by atoms with van der Waals surface area (Å²) in [5.74, 6) is -0.166. The highest BCUT2D eigenvalue weighted by atomic mass is 35.5. The third-order valence-electron chi connectivity index (χ3n) is 5.90. The number of likely N-dealkylation sites (N-methyl/N-ethyl adjacent to an activating group) is 1. The number of amides is 1. The van der Waals surface area contributed by atoms with Gasteiger partial charge in [-0.1, -0.05) is 41.4 Å². The highest BCUT2D eigenvalue weighted by Gasteiger charge is 2.30. The molecule has 1 heterocycles. The van der Waals surface area contributed by atoms with Gasteiger partial charge in [0.25, 0.3) is 0 Å². The second-order valence-corrected chi connectivity index (χ2v) is 13.5. The number of sulfonamides is 2. The Balaban J connectivity index is 1.96. The lowest BCUT2D eigenvalue weighted by Gasteiger charge is -2.33. The lowest BCUT2D eigenvalue weighted by Crippen LogP contribution is -2.39. The lowest BCUT2D eigenvalue weighted by atomic mass is 10.0. The third kappa shape index (κ3) is 7.10. The summed E-state index contributed by atoms with van der Waals surface area (Å²) >= 11 is 12.1. The average molecular weight is 563 g/mol. The van der Waals surface area contributed by atoms with Crippen molar-refractivity contribution in [2.24, 2.45) is 0 Å². The number of hydrogen-bond acceptors (Lipinski definition) is 6. The number of carbonyl (C=O) groups is 1. The number of likely N-dealkylation sites (tertiary alicyclic amines) is 1. The summed E-state index contributed by atoms with van der Waals surface area (Å²) in [6.07, 6.45) is 3.90. The summed E-state index contributed by atoms with van der Waals surface area (Å²) in [5, 5.41) is 0.767. The van der Waals surface area contributed by atoms with Gasteiger partial charge < -0.3 is 9.80 Å². The van der Waals surface area contributed by atoms with Gasteiger partial charge in [0, 0.05) is 13.6 Å². The van der Waals surface area contributed by atoms with E-state index < -0.39 is 26.1 Å². The van der Waals surface area contributed by atoms with Crippen LogP contribution in [0.25, 0.3) is 0 Å². The second-order valence-electron chi connectivity index (χ2n) is 8.77. The number of anilines is 1. The smallest absolute Gasteiger partial charge is 0.245 e. The Morgan fingerprint density at radius 3 is 2.17 bits per heavy atom. The van der Waals surface area contributed by atoms with Gasteiger partial charge in [-0.15, -0.1) is 0 Å². The Bertz CT molecular complexity index is 1260. The standard InChI is InChI=1S/C23H29Cl2N3O5S2/c1-26(23(29)14-17-9-10-20(24)21(25)13-17)22(16-27-11-4-5-12-27)18-7-6-8-19(15-18)28(34(2,30)31)35(3,32)33/h6-10,13,15,22H,4-5,11-12,14,16H2,1-3H3/t22-/m1/s1. The molecule has 0 unspecified atom stereocenters. The lowest BCUT2D eigenvalue weighted by molar-refractivity contribution is -0.131. The fraction of sp³-hybridized carbons (Fsp3) is 0.435. The van der Waals surface area contributed by atoms with Crippen LogP contribution in [0, 0.1) is 0 Å². The van der Waals surface area contributed by atoms with Gasteiger partial charge in [0.1, 0.15) is 0 Å². The maximum atomic E-state index is 13.3. The number of carbonyl (C=O) groups excluding carboxylic acids is 1. The minimum Gasteiger partial charge on any atom is -0.337 e. The molecule has 1 atom stereocenters. The molecule has 0 spiro atoms.